The topological polar surface area (TPSA) is 43.7 Å². The van der Waals surface area contributed by atoms with Crippen molar-refractivity contribution < 1.29 is 14.3 Å². The monoisotopic (exact) mass is 316 g/mol. The molecule has 124 valence electrons. The Labute approximate surface area is 136 Å². The highest BCUT2D eigenvalue weighted by molar-refractivity contribution is 5.90. The number of carbonyl (C=O) groups excluding carboxylic acids is 1. The molecule has 1 aromatic heterocycles. The number of carbonyl (C=O) groups is 1. The van der Waals surface area contributed by atoms with Gasteiger partial charge in [-0.25, -0.2) is 4.79 Å². The molecule has 5 nitrogen and oxygen atoms in total. The molecular formula is C18H24N2O3. The Hall–Kier alpha value is -1.85. The van der Waals surface area contributed by atoms with Crippen LogP contribution in [-0.4, -0.2) is 48.3 Å². The first-order valence-corrected chi connectivity index (χ1v) is 8.16. The molecule has 0 saturated carbocycles. The van der Waals surface area contributed by atoms with E-state index in [2.05, 4.69) is 40.8 Å². The fourth-order valence-corrected chi connectivity index (χ4v) is 3.28. The lowest BCUT2D eigenvalue weighted by atomic mass is 10.0. The molecule has 1 aromatic carbocycles. The summed E-state index contributed by atoms with van der Waals surface area (Å²) in [4.78, 5) is 14.8. The standard InChI is InChI=1S/C18H24N2O3/c1-4-23-18(21)17(20-7-9-22-10-8-20)15-12-19(3)16-6-5-13(2)11-14(15)16/h5-6,11-12,17H,4,7-10H2,1-3H3. The molecule has 0 radical (unpaired) electrons. The number of hydrogen-bond acceptors (Lipinski definition) is 4. The number of esters is 1. The van der Waals surface area contributed by atoms with Crippen LogP contribution in [0.2, 0.25) is 0 Å². The van der Waals surface area contributed by atoms with E-state index in [9.17, 15) is 4.79 Å². The largest absolute Gasteiger partial charge is 0.465 e. The number of aryl methyl sites for hydroxylation is 2. The number of morpholine rings is 1. The predicted octanol–water partition coefficient (Wildman–Crippen LogP) is 2.42. The molecule has 1 aliphatic rings. The molecule has 0 amide bonds. The molecule has 2 heterocycles. The van der Waals surface area contributed by atoms with Gasteiger partial charge in [-0.3, -0.25) is 4.90 Å². The molecule has 2 aromatic rings. The first kappa shape index (κ1) is 16.0. The quantitative estimate of drug-likeness (QED) is 0.813. The summed E-state index contributed by atoms with van der Waals surface area (Å²) in [5.41, 5.74) is 3.34. The maximum atomic E-state index is 12.7. The Morgan fingerprint density at radius 2 is 2.09 bits per heavy atom. The summed E-state index contributed by atoms with van der Waals surface area (Å²) in [5, 5.41) is 1.12. The molecule has 0 bridgehead atoms. The van der Waals surface area contributed by atoms with Crippen LogP contribution in [0.15, 0.2) is 24.4 Å². The van der Waals surface area contributed by atoms with Gasteiger partial charge in [0.1, 0.15) is 6.04 Å². The van der Waals surface area contributed by atoms with Gasteiger partial charge in [-0.2, -0.15) is 0 Å². The van der Waals surface area contributed by atoms with Crippen molar-refractivity contribution in [2.75, 3.05) is 32.9 Å². The summed E-state index contributed by atoms with van der Waals surface area (Å²) in [6.45, 7) is 7.10. The summed E-state index contributed by atoms with van der Waals surface area (Å²) >= 11 is 0. The van der Waals surface area contributed by atoms with Gasteiger partial charge >= 0.3 is 5.97 Å². The van der Waals surface area contributed by atoms with E-state index < -0.39 is 0 Å². The minimum absolute atomic E-state index is 0.177. The zero-order chi connectivity index (χ0) is 16.4. The van der Waals surface area contributed by atoms with E-state index in [-0.39, 0.29) is 12.0 Å². The van der Waals surface area contributed by atoms with Gasteiger partial charge in [0.25, 0.3) is 0 Å². The first-order chi connectivity index (χ1) is 11.1. The Morgan fingerprint density at radius 1 is 1.35 bits per heavy atom. The maximum absolute atomic E-state index is 12.7. The van der Waals surface area contributed by atoms with E-state index in [4.69, 9.17) is 9.47 Å². The summed E-state index contributed by atoms with van der Waals surface area (Å²) in [7, 11) is 2.02. The zero-order valence-electron chi connectivity index (χ0n) is 14.0. The fraction of sp³-hybridized carbons (Fsp3) is 0.500. The number of aromatic nitrogens is 1. The van der Waals surface area contributed by atoms with Crippen molar-refractivity contribution in [3.63, 3.8) is 0 Å². The molecule has 1 unspecified atom stereocenters. The molecule has 0 spiro atoms. The van der Waals surface area contributed by atoms with Crippen LogP contribution in [0.25, 0.3) is 10.9 Å². The van der Waals surface area contributed by atoms with Crippen molar-refractivity contribution >= 4 is 16.9 Å². The number of nitrogens with zero attached hydrogens (tertiary/aromatic N) is 2. The van der Waals surface area contributed by atoms with Crippen LogP contribution in [0, 0.1) is 6.92 Å². The highest BCUT2D eigenvalue weighted by Crippen LogP contribution is 2.32. The van der Waals surface area contributed by atoms with E-state index in [1.54, 1.807) is 0 Å². The van der Waals surface area contributed by atoms with E-state index in [1.807, 2.05) is 14.0 Å². The fourth-order valence-electron chi connectivity index (χ4n) is 3.28. The van der Waals surface area contributed by atoms with Crippen molar-refractivity contribution in [2.45, 2.75) is 19.9 Å². The smallest absolute Gasteiger partial charge is 0.328 e. The van der Waals surface area contributed by atoms with Crippen molar-refractivity contribution in [3.05, 3.63) is 35.5 Å². The van der Waals surface area contributed by atoms with Crippen LogP contribution in [0.3, 0.4) is 0 Å². The van der Waals surface area contributed by atoms with Crippen molar-refractivity contribution in [1.29, 1.82) is 0 Å². The molecule has 1 aliphatic heterocycles. The van der Waals surface area contributed by atoms with Gasteiger partial charge in [0.2, 0.25) is 0 Å². The van der Waals surface area contributed by atoms with Crippen LogP contribution in [0.1, 0.15) is 24.1 Å². The summed E-state index contributed by atoms with van der Waals surface area (Å²) in [6.07, 6.45) is 2.06. The van der Waals surface area contributed by atoms with Gasteiger partial charge in [0.15, 0.2) is 0 Å². The van der Waals surface area contributed by atoms with E-state index in [0.717, 1.165) is 29.6 Å². The van der Waals surface area contributed by atoms with E-state index >= 15 is 0 Å². The Bertz CT molecular complexity index is 702. The van der Waals surface area contributed by atoms with Crippen LogP contribution in [0.5, 0.6) is 0 Å². The van der Waals surface area contributed by atoms with Crippen LogP contribution < -0.4 is 0 Å². The highest BCUT2D eigenvalue weighted by atomic mass is 16.5. The predicted molar refractivity (Wildman–Crippen MR) is 89.4 cm³/mol. The Kier molecular flexibility index (Phi) is 4.68. The molecule has 3 rings (SSSR count). The number of benzene rings is 1. The van der Waals surface area contributed by atoms with Crippen LogP contribution in [0.4, 0.5) is 0 Å². The Balaban J connectivity index is 2.08. The maximum Gasteiger partial charge on any atom is 0.328 e. The van der Waals surface area contributed by atoms with Crippen molar-refractivity contribution in [3.8, 4) is 0 Å². The lowest BCUT2D eigenvalue weighted by molar-refractivity contribution is -0.151. The molecule has 5 heteroatoms. The third-order valence-electron chi connectivity index (χ3n) is 4.39. The highest BCUT2D eigenvalue weighted by Gasteiger charge is 2.32. The molecule has 1 saturated heterocycles. The molecule has 0 N–H and O–H groups in total. The SMILES string of the molecule is CCOC(=O)C(c1cn(C)c2ccc(C)cc12)N1CCOCC1. The van der Waals surface area contributed by atoms with Crippen molar-refractivity contribution in [1.82, 2.24) is 9.47 Å². The molecule has 0 aliphatic carbocycles. The second-order valence-corrected chi connectivity index (χ2v) is 6.02. The minimum Gasteiger partial charge on any atom is -0.465 e. The third kappa shape index (κ3) is 3.12. The molecular weight excluding hydrogens is 292 g/mol. The van der Waals surface area contributed by atoms with E-state index in [1.165, 1.54) is 5.56 Å². The lowest BCUT2D eigenvalue weighted by Gasteiger charge is -2.32. The second-order valence-electron chi connectivity index (χ2n) is 6.02. The summed E-state index contributed by atoms with van der Waals surface area (Å²) in [5.74, 6) is -0.177. The van der Waals surface area contributed by atoms with E-state index in [0.29, 0.717) is 19.8 Å². The first-order valence-electron chi connectivity index (χ1n) is 8.16. The number of ether oxygens (including phenoxy) is 2. The van der Waals surface area contributed by atoms with Gasteiger partial charge in [-0.05, 0) is 26.0 Å². The lowest BCUT2D eigenvalue weighted by Crippen LogP contribution is -2.42. The zero-order valence-corrected chi connectivity index (χ0v) is 14.0. The second kappa shape index (κ2) is 6.72. The van der Waals surface area contributed by atoms with Crippen molar-refractivity contribution in [2.24, 2.45) is 7.05 Å². The Morgan fingerprint density at radius 3 is 2.78 bits per heavy atom. The van der Waals surface area contributed by atoms with Crippen LogP contribution >= 0.6 is 0 Å². The normalized spacial score (nSPS) is 17.3. The third-order valence-corrected chi connectivity index (χ3v) is 4.39. The van der Waals surface area contributed by atoms with Gasteiger partial charge in [-0.1, -0.05) is 11.6 Å². The summed E-state index contributed by atoms with van der Waals surface area (Å²) < 4.78 is 12.9. The van der Waals surface area contributed by atoms with Gasteiger partial charge in [0.05, 0.1) is 19.8 Å². The minimum atomic E-state index is -0.371. The van der Waals surface area contributed by atoms with Gasteiger partial charge in [0, 0.05) is 42.8 Å². The molecule has 1 atom stereocenters. The molecule has 23 heavy (non-hydrogen) atoms. The van der Waals surface area contributed by atoms with Crippen LogP contribution in [-0.2, 0) is 21.3 Å². The average molecular weight is 316 g/mol. The average Bonchev–Trinajstić information content (AvgIpc) is 2.85. The number of fused-ring (bicyclic) bond motifs is 1. The molecule has 1 fully saturated rings. The number of rotatable bonds is 4. The van der Waals surface area contributed by atoms with Gasteiger partial charge in [-0.15, -0.1) is 0 Å². The summed E-state index contributed by atoms with van der Waals surface area (Å²) in [6, 6.07) is 5.98. The van der Waals surface area contributed by atoms with Gasteiger partial charge < -0.3 is 14.0 Å². The number of hydrogen-bond donors (Lipinski definition) is 0.